The zero-order valence-electron chi connectivity index (χ0n) is 11.4. The minimum atomic E-state index is 0.111. The molecule has 0 radical (unpaired) electrons. The highest BCUT2D eigenvalue weighted by atomic mass is 16.2. The lowest BCUT2D eigenvalue weighted by molar-refractivity contribution is -0.123. The first kappa shape index (κ1) is 13.1. The van der Waals surface area contributed by atoms with Gasteiger partial charge in [-0.05, 0) is 37.9 Å². The van der Waals surface area contributed by atoms with Gasteiger partial charge in [-0.3, -0.25) is 4.79 Å². The zero-order chi connectivity index (χ0) is 13.1. The van der Waals surface area contributed by atoms with Gasteiger partial charge in [-0.15, -0.1) is 0 Å². The van der Waals surface area contributed by atoms with Crippen LogP contribution in [0.4, 0.5) is 5.69 Å². The quantitative estimate of drug-likeness (QED) is 0.867. The van der Waals surface area contributed by atoms with Crippen molar-refractivity contribution in [2.24, 2.45) is 11.8 Å². The Labute approximate surface area is 109 Å². The average Bonchev–Trinajstić information content (AvgIpc) is 2.38. The van der Waals surface area contributed by atoms with E-state index in [1.54, 1.807) is 4.90 Å². The molecular weight excluding hydrogens is 224 g/mol. The Bertz CT molecular complexity index is 413. The first-order valence-electron chi connectivity index (χ1n) is 6.63. The van der Waals surface area contributed by atoms with Gasteiger partial charge in [0.2, 0.25) is 5.91 Å². The minimum absolute atomic E-state index is 0.111. The highest BCUT2D eigenvalue weighted by Gasteiger charge is 2.27. The zero-order valence-corrected chi connectivity index (χ0v) is 11.4. The molecule has 0 aromatic heterocycles. The Kier molecular flexibility index (Phi) is 4.02. The predicted octanol–water partition coefficient (Wildman–Crippen LogP) is 2.20. The van der Waals surface area contributed by atoms with Crippen LogP contribution in [-0.2, 0) is 4.79 Å². The van der Waals surface area contributed by atoms with Gasteiger partial charge in [0.05, 0.1) is 5.92 Å². The first-order valence-corrected chi connectivity index (χ1v) is 6.63. The van der Waals surface area contributed by atoms with Crippen molar-refractivity contribution in [1.29, 1.82) is 0 Å². The standard InChI is InChI=1S/C15H22N2O/c1-11-4-6-14(7-5-11)17(3)15(18)13-8-12(2)9-16-10-13/h4-7,12-13,16H,8-10H2,1-3H3. The van der Waals surface area contributed by atoms with Crippen LogP contribution in [0.25, 0.3) is 0 Å². The third-order valence-electron chi connectivity index (χ3n) is 3.67. The number of nitrogens with one attached hydrogen (secondary N) is 1. The van der Waals surface area contributed by atoms with Gasteiger partial charge in [0, 0.05) is 19.3 Å². The molecule has 98 valence electrons. The van der Waals surface area contributed by atoms with Crippen molar-refractivity contribution in [3.63, 3.8) is 0 Å². The molecule has 2 unspecified atom stereocenters. The summed E-state index contributed by atoms with van der Waals surface area (Å²) in [6, 6.07) is 8.10. The summed E-state index contributed by atoms with van der Waals surface area (Å²) in [5, 5.41) is 3.33. The SMILES string of the molecule is Cc1ccc(N(C)C(=O)C2CNCC(C)C2)cc1. The molecule has 0 bridgehead atoms. The lowest BCUT2D eigenvalue weighted by atomic mass is 9.91. The number of aryl methyl sites for hydroxylation is 1. The van der Waals surface area contributed by atoms with Crippen LogP contribution in [0.1, 0.15) is 18.9 Å². The molecule has 1 aromatic rings. The molecule has 1 aromatic carbocycles. The molecule has 0 saturated carbocycles. The van der Waals surface area contributed by atoms with Crippen LogP contribution in [0.2, 0.25) is 0 Å². The van der Waals surface area contributed by atoms with Gasteiger partial charge in [-0.25, -0.2) is 0 Å². The van der Waals surface area contributed by atoms with E-state index in [0.29, 0.717) is 5.92 Å². The van der Waals surface area contributed by atoms with Gasteiger partial charge < -0.3 is 10.2 Å². The number of piperidine rings is 1. The maximum Gasteiger partial charge on any atom is 0.231 e. The lowest BCUT2D eigenvalue weighted by Gasteiger charge is -2.30. The molecule has 2 atom stereocenters. The van der Waals surface area contributed by atoms with E-state index < -0.39 is 0 Å². The van der Waals surface area contributed by atoms with Crippen LogP contribution in [0, 0.1) is 18.8 Å². The van der Waals surface area contributed by atoms with E-state index in [1.807, 2.05) is 31.3 Å². The van der Waals surface area contributed by atoms with Gasteiger partial charge in [0.15, 0.2) is 0 Å². The van der Waals surface area contributed by atoms with E-state index in [-0.39, 0.29) is 11.8 Å². The normalized spacial score (nSPS) is 23.7. The summed E-state index contributed by atoms with van der Waals surface area (Å²) in [7, 11) is 1.87. The minimum Gasteiger partial charge on any atom is -0.316 e. The van der Waals surface area contributed by atoms with Crippen molar-refractivity contribution >= 4 is 11.6 Å². The van der Waals surface area contributed by atoms with E-state index in [2.05, 4.69) is 19.2 Å². The summed E-state index contributed by atoms with van der Waals surface area (Å²) in [5.74, 6) is 0.914. The number of carbonyl (C=O) groups excluding carboxylic acids is 1. The Morgan fingerprint density at radius 3 is 2.56 bits per heavy atom. The molecule has 1 aliphatic heterocycles. The second-order valence-electron chi connectivity index (χ2n) is 5.43. The van der Waals surface area contributed by atoms with Crippen LogP contribution in [0.15, 0.2) is 24.3 Å². The number of nitrogens with zero attached hydrogens (tertiary/aromatic N) is 1. The van der Waals surface area contributed by atoms with Crippen molar-refractivity contribution in [2.75, 3.05) is 25.0 Å². The lowest BCUT2D eigenvalue weighted by Crippen LogP contribution is -2.44. The summed E-state index contributed by atoms with van der Waals surface area (Å²) in [5.41, 5.74) is 2.19. The monoisotopic (exact) mass is 246 g/mol. The maximum atomic E-state index is 12.4. The van der Waals surface area contributed by atoms with Crippen LogP contribution in [-0.4, -0.2) is 26.0 Å². The largest absolute Gasteiger partial charge is 0.316 e. The summed E-state index contributed by atoms with van der Waals surface area (Å²) in [6.07, 6.45) is 0.988. The molecule has 0 aliphatic carbocycles. The maximum absolute atomic E-state index is 12.4. The highest BCUT2D eigenvalue weighted by molar-refractivity contribution is 5.94. The van der Waals surface area contributed by atoms with Gasteiger partial charge in [0.1, 0.15) is 0 Å². The number of anilines is 1. The number of carbonyl (C=O) groups is 1. The molecule has 18 heavy (non-hydrogen) atoms. The van der Waals surface area contributed by atoms with Gasteiger partial charge in [-0.2, -0.15) is 0 Å². The summed E-state index contributed by atoms with van der Waals surface area (Å²) < 4.78 is 0. The van der Waals surface area contributed by atoms with Crippen LogP contribution in [0.5, 0.6) is 0 Å². The van der Waals surface area contributed by atoms with Crippen molar-refractivity contribution in [3.05, 3.63) is 29.8 Å². The topological polar surface area (TPSA) is 32.3 Å². The number of hydrogen-bond donors (Lipinski definition) is 1. The molecule has 1 aliphatic rings. The molecule has 1 saturated heterocycles. The number of hydrogen-bond acceptors (Lipinski definition) is 2. The van der Waals surface area contributed by atoms with Crippen molar-refractivity contribution in [1.82, 2.24) is 5.32 Å². The fraction of sp³-hybridized carbons (Fsp3) is 0.533. The molecule has 1 heterocycles. The summed E-state index contributed by atoms with van der Waals surface area (Å²) in [4.78, 5) is 14.2. The third kappa shape index (κ3) is 2.91. The highest BCUT2D eigenvalue weighted by Crippen LogP contribution is 2.21. The predicted molar refractivity (Wildman–Crippen MR) is 74.7 cm³/mol. The second kappa shape index (κ2) is 5.53. The van der Waals surface area contributed by atoms with E-state index in [4.69, 9.17) is 0 Å². The van der Waals surface area contributed by atoms with E-state index in [0.717, 1.165) is 25.2 Å². The second-order valence-corrected chi connectivity index (χ2v) is 5.43. The Balaban J connectivity index is 2.06. The van der Waals surface area contributed by atoms with Gasteiger partial charge in [0.25, 0.3) is 0 Å². The molecule has 1 N–H and O–H groups in total. The number of rotatable bonds is 2. The molecule has 3 nitrogen and oxygen atoms in total. The van der Waals surface area contributed by atoms with E-state index in [1.165, 1.54) is 5.56 Å². The molecule has 1 fully saturated rings. The fourth-order valence-corrected chi connectivity index (χ4v) is 2.51. The smallest absolute Gasteiger partial charge is 0.231 e. The number of amides is 1. The van der Waals surface area contributed by atoms with E-state index >= 15 is 0 Å². The van der Waals surface area contributed by atoms with Crippen LogP contribution in [0.3, 0.4) is 0 Å². The fourth-order valence-electron chi connectivity index (χ4n) is 2.51. The number of benzene rings is 1. The Morgan fingerprint density at radius 2 is 1.94 bits per heavy atom. The van der Waals surface area contributed by atoms with Crippen LogP contribution >= 0.6 is 0 Å². The average molecular weight is 246 g/mol. The Hall–Kier alpha value is -1.35. The summed E-state index contributed by atoms with van der Waals surface area (Å²) in [6.45, 7) is 6.08. The van der Waals surface area contributed by atoms with Crippen LogP contribution < -0.4 is 10.2 Å². The molecule has 0 spiro atoms. The third-order valence-corrected chi connectivity index (χ3v) is 3.67. The first-order chi connectivity index (χ1) is 8.58. The Morgan fingerprint density at radius 1 is 1.28 bits per heavy atom. The van der Waals surface area contributed by atoms with E-state index in [9.17, 15) is 4.79 Å². The molecule has 3 heteroatoms. The molecular formula is C15H22N2O. The van der Waals surface area contributed by atoms with Crippen molar-refractivity contribution in [2.45, 2.75) is 20.3 Å². The van der Waals surface area contributed by atoms with Crippen molar-refractivity contribution in [3.8, 4) is 0 Å². The molecule has 2 rings (SSSR count). The van der Waals surface area contributed by atoms with Gasteiger partial charge >= 0.3 is 0 Å². The molecule has 1 amide bonds. The van der Waals surface area contributed by atoms with Gasteiger partial charge in [-0.1, -0.05) is 24.6 Å². The van der Waals surface area contributed by atoms with Crippen molar-refractivity contribution < 1.29 is 4.79 Å². The summed E-state index contributed by atoms with van der Waals surface area (Å²) >= 11 is 0.